The van der Waals surface area contributed by atoms with E-state index in [-0.39, 0.29) is 5.78 Å². The third kappa shape index (κ3) is 6.37. The first-order valence-corrected chi connectivity index (χ1v) is 9.37. The molecule has 2 rings (SSSR count). The first-order valence-electron chi connectivity index (χ1n) is 9.37. The van der Waals surface area contributed by atoms with Crippen LogP contribution in [0.5, 0.6) is 0 Å². The number of carbonyl (C=O) groups is 1. The summed E-state index contributed by atoms with van der Waals surface area (Å²) in [5.74, 6) is 1.15. The largest absolute Gasteiger partial charge is 0.330 e. The van der Waals surface area contributed by atoms with Gasteiger partial charge in [-0.25, -0.2) is 5.48 Å². The lowest BCUT2D eigenvalue weighted by molar-refractivity contribution is 0.0174. The number of ketones is 1. The Hall–Kier alpha value is -2.01. The van der Waals surface area contributed by atoms with Gasteiger partial charge in [0, 0.05) is 17.7 Å². The van der Waals surface area contributed by atoms with Gasteiger partial charge in [-0.1, -0.05) is 74.9 Å². The van der Waals surface area contributed by atoms with Crippen LogP contribution in [0.2, 0.25) is 0 Å². The lowest BCUT2D eigenvalue weighted by Crippen LogP contribution is -2.25. The Morgan fingerprint density at radius 2 is 1.73 bits per heavy atom. The SMILES string of the molecule is CCC(CNOCc1ccc(C(=O)c2ccccc2)cc1)CC(C)CN. The predicted molar refractivity (Wildman–Crippen MR) is 106 cm³/mol. The monoisotopic (exact) mass is 354 g/mol. The van der Waals surface area contributed by atoms with Crippen molar-refractivity contribution in [2.45, 2.75) is 33.3 Å². The van der Waals surface area contributed by atoms with Crippen molar-refractivity contribution in [2.24, 2.45) is 17.6 Å². The molecule has 0 aliphatic carbocycles. The number of benzene rings is 2. The van der Waals surface area contributed by atoms with Gasteiger partial charge in [0.25, 0.3) is 0 Å². The Bertz CT molecular complexity index is 656. The van der Waals surface area contributed by atoms with E-state index < -0.39 is 0 Å². The molecule has 2 unspecified atom stereocenters. The highest BCUT2D eigenvalue weighted by Crippen LogP contribution is 2.14. The molecule has 0 aromatic heterocycles. The second kappa shape index (κ2) is 10.9. The second-order valence-electron chi connectivity index (χ2n) is 6.88. The molecule has 0 bridgehead atoms. The van der Waals surface area contributed by atoms with Crippen molar-refractivity contribution >= 4 is 5.78 Å². The fourth-order valence-corrected chi connectivity index (χ4v) is 2.88. The Balaban J connectivity index is 1.78. The van der Waals surface area contributed by atoms with Crippen LogP contribution in [0.4, 0.5) is 0 Å². The molecule has 0 fully saturated rings. The summed E-state index contributed by atoms with van der Waals surface area (Å²) < 4.78 is 0. The normalized spacial score (nSPS) is 13.3. The van der Waals surface area contributed by atoms with Gasteiger partial charge in [-0.15, -0.1) is 0 Å². The molecule has 26 heavy (non-hydrogen) atoms. The molecule has 0 aliphatic rings. The van der Waals surface area contributed by atoms with Crippen LogP contribution in [0.3, 0.4) is 0 Å². The zero-order valence-electron chi connectivity index (χ0n) is 15.8. The predicted octanol–water partition coefficient (Wildman–Crippen LogP) is 3.95. The quantitative estimate of drug-likeness (QED) is 0.364. The van der Waals surface area contributed by atoms with E-state index in [1.807, 2.05) is 54.6 Å². The highest BCUT2D eigenvalue weighted by molar-refractivity contribution is 6.08. The van der Waals surface area contributed by atoms with Crippen LogP contribution in [0.1, 0.15) is 48.2 Å². The van der Waals surface area contributed by atoms with Gasteiger partial charge in [0.1, 0.15) is 0 Å². The summed E-state index contributed by atoms with van der Waals surface area (Å²) in [5.41, 5.74) is 11.2. The van der Waals surface area contributed by atoms with Crippen molar-refractivity contribution < 1.29 is 9.63 Å². The summed E-state index contributed by atoms with van der Waals surface area (Å²) in [6.07, 6.45) is 2.22. The topological polar surface area (TPSA) is 64.3 Å². The summed E-state index contributed by atoms with van der Waals surface area (Å²) in [4.78, 5) is 18.0. The van der Waals surface area contributed by atoms with E-state index in [0.29, 0.717) is 29.6 Å². The van der Waals surface area contributed by atoms with Crippen LogP contribution in [0, 0.1) is 11.8 Å². The van der Waals surface area contributed by atoms with Gasteiger partial charge in [-0.05, 0) is 30.4 Å². The Morgan fingerprint density at radius 3 is 2.35 bits per heavy atom. The molecule has 0 aliphatic heterocycles. The standard InChI is InChI=1S/C22H30N2O2/c1-3-18(13-17(2)14-23)15-24-26-16-19-9-11-21(12-10-19)22(25)20-7-5-4-6-8-20/h4-12,17-18,24H,3,13-16,23H2,1-2H3. The van der Waals surface area contributed by atoms with E-state index in [0.717, 1.165) is 31.5 Å². The summed E-state index contributed by atoms with van der Waals surface area (Å²) in [6, 6.07) is 16.9. The Kier molecular flexibility index (Phi) is 8.48. The molecule has 3 N–H and O–H groups in total. The maximum atomic E-state index is 12.4. The molecule has 2 aromatic carbocycles. The van der Waals surface area contributed by atoms with Gasteiger partial charge in [0.05, 0.1) is 6.61 Å². The van der Waals surface area contributed by atoms with Crippen molar-refractivity contribution in [2.75, 3.05) is 13.1 Å². The summed E-state index contributed by atoms with van der Waals surface area (Å²) >= 11 is 0. The van der Waals surface area contributed by atoms with Crippen LogP contribution >= 0.6 is 0 Å². The highest BCUT2D eigenvalue weighted by Gasteiger charge is 2.11. The third-order valence-corrected chi connectivity index (χ3v) is 4.68. The average Bonchev–Trinajstić information content (AvgIpc) is 2.70. The van der Waals surface area contributed by atoms with Gasteiger partial charge in [-0.2, -0.15) is 0 Å². The van der Waals surface area contributed by atoms with Crippen LogP contribution in [-0.4, -0.2) is 18.9 Å². The van der Waals surface area contributed by atoms with Crippen molar-refractivity contribution in [3.8, 4) is 0 Å². The first-order chi connectivity index (χ1) is 12.6. The van der Waals surface area contributed by atoms with E-state index in [4.69, 9.17) is 10.6 Å². The van der Waals surface area contributed by atoms with Crippen LogP contribution < -0.4 is 11.2 Å². The first kappa shape index (κ1) is 20.3. The van der Waals surface area contributed by atoms with E-state index in [9.17, 15) is 4.79 Å². The molecule has 0 saturated heterocycles. The summed E-state index contributed by atoms with van der Waals surface area (Å²) in [7, 11) is 0. The maximum Gasteiger partial charge on any atom is 0.193 e. The second-order valence-corrected chi connectivity index (χ2v) is 6.88. The number of nitrogens with one attached hydrogen (secondary N) is 1. The van der Waals surface area contributed by atoms with Crippen LogP contribution in [0.25, 0.3) is 0 Å². The fourth-order valence-electron chi connectivity index (χ4n) is 2.88. The smallest absolute Gasteiger partial charge is 0.193 e. The minimum Gasteiger partial charge on any atom is -0.330 e. The lowest BCUT2D eigenvalue weighted by Gasteiger charge is -2.19. The van der Waals surface area contributed by atoms with E-state index >= 15 is 0 Å². The zero-order chi connectivity index (χ0) is 18.8. The number of carbonyl (C=O) groups excluding carboxylic acids is 1. The third-order valence-electron chi connectivity index (χ3n) is 4.68. The average molecular weight is 354 g/mol. The molecule has 4 nitrogen and oxygen atoms in total. The molecule has 140 valence electrons. The molecule has 0 saturated carbocycles. The number of rotatable bonds is 11. The molecular weight excluding hydrogens is 324 g/mol. The maximum absolute atomic E-state index is 12.4. The van der Waals surface area contributed by atoms with Crippen LogP contribution in [-0.2, 0) is 11.4 Å². The molecule has 0 heterocycles. The van der Waals surface area contributed by atoms with Crippen molar-refractivity contribution in [3.63, 3.8) is 0 Å². The number of hydrogen-bond donors (Lipinski definition) is 2. The van der Waals surface area contributed by atoms with E-state index in [2.05, 4.69) is 19.3 Å². The van der Waals surface area contributed by atoms with Crippen molar-refractivity contribution in [1.29, 1.82) is 0 Å². The van der Waals surface area contributed by atoms with Gasteiger partial charge >= 0.3 is 0 Å². The number of nitrogens with two attached hydrogens (primary N) is 1. The van der Waals surface area contributed by atoms with Gasteiger partial charge in [-0.3, -0.25) is 9.63 Å². The van der Waals surface area contributed by atoms with Crippen molar-refractivity contribution in [1.82, 2.24) is 5.48 Å². The fraction of sp³-hybridized carbons (Fsp3) is 0.409. The molecule has 0 spiro atoms. The minimum atomic E-state index is 0.0380. The Morgan fingerprint density at radius 1 is 1.08 bits per heavy atom. The Labute approximate surface area is 156 Å². The molecule has 2 atom stereocenters. The summed E-state index contributed by atoms with van der Waals surface area (Å²) in [6.45, 7) is 6.40. The van der Waals surface area contributed by atoms with Gasteiger partial charge < -0.3 is 5.73 Å². The number of hydrogen-bond acceptors (Lipinski definition) is 4. The molecule has 0 radical (unpaired) electrons. The molecular formula is C22H30N2O2. The minimum absolute atomic E-state index is 0.0380. The van der Waals surface area contributed by atoms with Gasteiger partial charge in [0.2, 0.25) is 0 Å². The van der Waals surface area contributed by atoms with Crippen molar-refractivity contribution in [3.05, 3.63) is 71.3 Å². The van der Waals surface area contributed by atoms with Gasteiger partial charge in [0.15, 0.2) is 5.78 Å². The summed E-state index contributed by atoms with van der Waals surface area (Å²) in [5, 5.41) is 0. The molecule has 0 amide bonds. The lowest BCUT2D eigenvalue weighted by atomic mass is 9.94. The zero-order valence-corrected chi connectivity index (χ0v) is 15.8. The number of hydroxylamine groups is 1. The van der Waals surface area contributed by atoms with E-state index in [1.165, 1.54) is 0 Å². The molecule has 4 heteroatoms. The highest BCUT2D eigenvalue weighted by atomic mass is 16.6. The van der Waals surface area contributed by atoms with Crippen LogP contribution in [0.15, 0.2) is 54.6 Å². The van der Waals surface area contributed by atoms with E-state index in [1.54, 1.807) is 0 Å². The molecule has 2 aromatic rings.